The SMILES string of the molecule is CN1CC[CH]CC1c1ccccn1. The maximum Gasteiger partial charge on any atom is 0.0575 e. The van der Waals surface area contributed by atoms with Gasteiger partial charge >= 0.3 is 0 Å². The topological polar surface area (TPSA) is 16.1 Å². The second kappa shape index (κ2) is 3.88. The van der Waals surface area contributed by atoms with Gasteiger partial charge in [-0.1, -0.05) is 6.07 Å². The molecule has 1 aliphatic rings. The Bertz CT molecular complexity index is 258. The van der Waals surface area contributed by atoms with Crippen molar-refractivity contribution < 1.29 is 0 Å². The second-order valence-electron chi connectivity index (χ2n) is 3.56. The van der Waals surface area contributed by atoms with Gasteiger partial charge < -0.3 is 0 Å². The van der Waals surface area contributed by atoms with Crippen LogP contribution < -0.4 is 0 Å². The van der Waals surface area contributed by atoms with Crippen LogP contribution in [0.25, 0.3) is 0 Å². The number of piperidine rings is 1. The number of aromatic nitrogens is 1. The molecule has 69 valence electrons. The molecular formula is C11H15N2. The van der Waals surface area contributed by atoms with Gasteiger partial charge in [-0.05, 0) is 45.0 Å². The molecule has 2 nitrogen and oxygen atoms in total. The third kappa shape index (κ3) is 1.89. The molecule has 2 heterocycles. The molecule has 0 aromatic carbocycles. The van der Waals surface area contributed by atoms with Gasteiger partial charge in [0.25, 0.3) is 0 Å². The van der Waals surface area contributed by atoms with E-state index in [4.69, 9.17) is 0 Å². The summed E-state index contributed by atoms with van der Waals surface area (Å²) < 4.78 is 0. The van der Waals surface area contributed by atoms with Gasteiger partial charge in [0.1, 0.15) is 0 Å². The molecule has 1 aromatic heterocycles. The van der Waals surface area contributed by atoms with Crippen LogP contribution in [0.3, 0.4) is 0 Å². The number of pyridine rings is 1. The van der Waals surface area contributed by atoms with Gasteiger partial charge in [-0.15, -0.1) is 0 Å². The van der Waals surface area contributed by atoms with Crippen molar-refractivity contribution in [3.63, 3.8) is 0 Å². The first-order valence-electron chi connectivity index (χ1n) is 4.81. The van der Waals surface area contributed by atoms with Crippen molar-refractivity contribution in [1.82, 2.24) is 9.88 Å². The Balaban J connectivity index is 2.15. The van der Waals surface area contributed by atoms with Crippen LogP contribution in [0.2, 0.25) is 0 Å². The summed E-state index contributed by atoms with van der Waals surface area (Å²) in [6.07, 6.45) is 6.57. The van der Waals surface area contributed by atoms with Gasteiger partial charge in [0.2, 0.25) is 0 Å². The molecule has 1 atom stereocenters. The lowest BCUT2D eigenvalue weighted by Crippen LogP contribution is -2.30. The Morgan fingerprint density at radius 3 is 3.08 bits per heavy atom. The fourth-order valence-electron chi connectivity index (χ4n) is 1.83. The maximum atomic E-state index is 4.39. The molecule has 1 aliphatic heterocycles. The molecule has 13 heavy (non-hydrogen) atoms. The summed E-state index contributed by atoms with van der Waals surface area (Å²) in [5, 5.41) is 0. The number of hydrogen-bond acceptors (Lipinski definition) is 2. The Morgan fingerprint density at radius 1 is 1.46 bits per heavy atom. The average molecular weight is 175 g/mol. The van der Waals surface area contributed by atoms with E-state index in [1.165, 1.54) is 12.1 Å². The zero-order chi connectivity index (χ0) is 9.10. The quantitative estimate of drug-likeness (QED) is 0.649. The number of likely N-dealkylation sites (tertiary alicyclic amines) is 1. The van der Waals surface area contributed by atoms with Crippen LogP contribution in [0.4, 0.5) is 0 Å². The molecular weight excluding hydrogens is 160 g/mol. The minimum Gasteiger partial charge on any atom is -0.298 e. The molecule has 1 aromatic rings. The molecule has 2 heteroatoms. The Hall–Kier alpha value is -0.890. The van der Waals surface area contributed by atoms with E-state index in [0.29, 0.717) is 6.04 Å². The minimum absolute atomic E-state index is 0.495. The Kier molecular flexibility index (Phi) is 2.60. The molecule has 0 bridgehead atoms. The monoisotopic (exact) mass is 175 g/mol. The summed E-state index contributed by atoms with van der Waals surface area (Å²) >= 11 is 0. The Morgan fingerprint density at radius 2 is 2.38 bits per heavy atom. The minimum atomic E-state index is 0.495. The highest BCUT2D eigenvalue weighted by Gasteiger charge is 2.20. The van der Waals surface area contributed by atoms with Crippen LogP contribution in [-0.4, -0.2) is 23.5 Å². The van der Waals surface area contributed by atoms with E-state index >= 15 is 0 Å². The lowest BCUT2D eigenvalue weighted by Gasteiger charge is -2.31. The van der Waals surface area contributed by atoms with Gasteiger partial charge in [-0.2, -0.15) is 0 Å². The van der Waals surface area contributed by atoms with Crippen molar-refractivity contribution in [2.45, 2.75) is 18.9 Å². The van der Waals surface area contributed by atoms with E-state index in [9.17, 15) is 0 Å². The summed E-state index contributed by atoms with van der Waals surface area (Å²) in [5.74, 6) is 0. The van der Waals surface area contributed by atoms with Crippen LogP contribution in [0.1, 0.15) is 24.6 Å². The van der Waals surface area contributed by atoms with Crippen molar-refractivity contribution in [3.05, 3.63) is 36.5 Å². The van der Waals surface area contributed by atoms with Crippen LogP contribution in [0.15, 0.2) is 24.4 Å². The van der Waals surface area contributed by atoms with Crippen molar-refractivity contribution in [2.75, 3.05) is 13.6 Å². The maximum absolute atomic E-state index is 4.39. The zero-order valence-electron chi connectivity index (χ0n) is 7.98. The number of hydrogen-bond donors (Lipinski definition) is 0. The van der Waals surface area contributed by atoms with Crippen molar-refractivity contribution >= 4 is 0 Å². The first-order chi connectivity index (χ1) is 6.38. The predicted molar refractivity (Wildman–Crippen MR) is 53.1 cm³/mol. The summed E-state index contributed by atoms with van der Waals surface area (Å²) in [6.45, 7) is 1.15. The molecule has 1 unspecified atom stereocenters. The van der Waals surface area contributed by atoms with Gasteiger partial charge in [-0.25, -0.2) is 0 Å². The predicted octanol–water partition coefficient (Wildman–Crippen LogP) is 2.05. The van der Waals surface area contributed by atoms with Gasteiger partial charge in [-0.3, -0.25) is 9.88 Å². The van der Waals surface area contributed by atoms with E-state index in [-0.39, 0.29) is 0 Å². The molecule has 0 spiro atoms. The van der Waals surface area contributed by atoms with Crippen LogP contribution >= 0.6 is 0 Å². The van der Waals surface area contributed by atoms with E-state index in [0.717, 1.165) is 13.0 Å². The smallest absolute Gasteiger partial charge is 0.0575 e. The fraction of sp³-hybridized carbons (Fsp3) is 0.455. The van der Waals surface area contributed by atoms with Crippen molar-refractivity contribution in [2.24, 2.45) is 0 Å². The van der Waals surface area contributed by atoms with Crippen LogP contribution in [-0.2, 0) is 0 Å². The lowest BCUT2D eigenvalue weighted by molar-refractivity contribution is 0.211. The second-order valence-corrected chi connectivity index (χ2v) is 3.56. The van der Waals surface area contributed by atoms with Gasteiger partial charge in [0.05, 0.1) is 11.7 Å². The highest BCUT2D eigenvalue weighted by Crippen LogP contribution is 2.26. The fourth-order valence-corrected chi connectivity index (χ4v) is 1.83. The third-order valence-corrected chi connectivity index (χ3v) is 2.64. The van der Waals surface area contributed by atoms with Gasteiger partial charge in [0.15, 0.2) is 0 Å². The summed E-state index contributed by atoms with van der Waals surface area (Å²) in [4.78, 5) is 6.77. The molecule has 0 amide bonds. The summed E-state index contributed by atoms with van der Waals surface area (Å²) in [6, 6.07) is 6.64. The summed E-state index contributed by atoms with van der Waals surface area (Å²) in [7, 11) is 2.17. The molecule has 0 N–H and O–H groups in total. The standard InChI is InChI=1S/C11H15N2/c1-13-9-5-3-7-11(13)10-6-2-4-8-12-10/h2-4,6,8,11H,5,7,9H2,1H3. The molecule has 1 radical (unpaired) electrons. The molecule has 1 fully saturated rings. The number of rotatable bonds is 1. The van der Waals surface area contributed by atoms with Crippen molar-refractivity contribution in [1.29, 1.82) is 0 Å². The molecule has 2 rings (SSSR count). The third-order valence-electron chi connectivity index (χ3n) is 2.64. The largest absolute Gasteiger partial charge is 0.298 e. The normalized spacial score (nSPS) is 24.5. The molecule has 0 aliphatic carbocycles. The highest BCUT2D eigenvalue weighted by atomic mass is 15.1. The van der Waals surface area contributed by atoms with Crippen LogP contribution in [0, 0.1) is 6.42 Å². The zero-order valence-corrected chi connectivity index (χ0v) is 7.98. The molecule has 1 saturated heterocycles. The highest BCUT2D eigenvalue weighted by molar-refractivity contribution is 5.10. The van der Waals surface area contributed by atoms with Gasteiger partial charge in [0, 0.05) is 6.20 Å². The lowest BCUT2D eigenvalue weighted by atomic mass is 10.00. The average Bonchev–Trinajstić information content (AvgIpc) is 2.20. The van der Waals surface area contributed by atoms with E-state index < -0.39 is 0 Å². The van der Waals surface area contributed by atoms with Crippen LogP contribution in [0.5, 0.6) is 0 Å². The van der Waals surface area contributed by atoms with E-state index in [2.05, 4.69) is 35.5 Å². The number of nitrogens with zero attached hydrogens (tertiary/aromatic N) is 2. The first-order valence-corrected chi connectivity index (χ1v) is 4.81. The Labute approximate surface area is 79.6 Å². The molecule has 0 saturated carbocycles. The van der Waals surface area contributed by atoms with E-state index in [1.807, 2.05) is 12.3 Å². The van der Waals surface area contributed by atoms with Crippen molar-refractivity contribution in [3.8, 4) is 0 Å². The van der Waals surface area contributed by atoms with E-state index in [1.54, 1.807) is 0 Å². The first kappa shape index (κ1) is 8.70. The summed E-state index contributed by atoms with van der Waals surface area (Å²) in [5.41, 5.74) is 1.20.